The summed E-state index contributed by atoms with van der Waals surface area (Å²) < 4.78 is 39.8. The number of rotatable bonds is 5. The predicted molar refractivity (Wildman–Crippen MR) is 85.1 cm³/mol. The van der Waals surface area contributed by atoms with Gasteiger partial charge in [-0.1, -0.05) is 6.92 Å². The number of hydrogen-bond donors (Lipinski definition) is 2. The van der Waals surface area contributed by atoms with Crippen molar-refractivity contribution in [3.8, 4) is 0 Å². The van der Waals surface area contributed by atoms with E-state index in [2.05, 4.69) is 10.6 Å². The number of piperazine rings is 1. The summed E-state index contributed by atoms with van der Waals surface area (Å²) in [6.07, 6.45) is -3.54. The molecule has 4 nitrogen and oxygen atoms in total. The number of amides is 1. The first kappa shape index (κ1) is 18.2. The van der Waals surface area contributed by atoms with Gasteiger partial charge in [0.2, 0.25) is 0 Å². The van der Waals surface area contributed by atoms with Gasteiger partial charge in [0, 0.05) is 37.6 Å². The van der Waals surface area contributed by atoms with Crippen LogP contribution < -0.4 is 10.6 Å². The maximum atomic E-state index is 13.3. The van der Waals surface area contributed by atoms with Crippen LogP contribution in [0, 0.1) is 6.92 Å². The molecule has 0 spiro atoms. The predicted octanol–water partition coefficient (Wildman–Crippen LogP) is 2.18. The van der Waals surface area contributed by atoms with E-state index in [4.69, 9.17) is 0 Å². The lowest BCUT2D eigenvalue weighted by Gasteiger charge is -2.35. The number of nitrogens with zero attached hydrogens (tertiary/aromatic N) is 1. The van der Waals surface area contributed by atoms with Crippen molar-refractivity contribution >= 4 is 17.2 Å². The van der Waals surface area contributed by atoms with E-state index in [1.807, 2.05) is 13.8 Å². The molecule has 1 aromatic heterocycles. The Morgan fingerprint density at radius 3 is 2.61 bits per heavy atom. The second-order valence-electron chi connectivity index (χ2n) is 5.62. The smallest absolute Gasteiger partial charge is 0.349 e. The Kier molecular flexibility index (Phi) is 6.05. The topological polar surface area (TPSA) is 44.4 Å². The van der Waals surface area contributed by atoms with Crippen molar-refractivity contribution in [2.45, 2.75) is 32.5 Å². The van der Waals surface area contributed by atoms with E-state index in [0.717, 1.165) is 16.9 Å². The van der Waals surface area contributed by atoms with Crippen molar-refractivity contribution in [2.75, 3.05) is 32.7 Å². The van der Waals surface area contributed by atoms with Crippen LogP contribution in [0.4, 0.5) is 13.2 Å². The van der Waals surface area contributed by atoms with Gasteiger partial charge in [-0.15, -0.1) is 11.3 Å². The minimum Gasteiger partial charge on any atom is -0.349 e. The number of aryl methyl sites for hydroxylation is 2. The monoisotopic (exact) mass is 349 g/mol. The van der Waals surface area contributed by atoms with Crippen LogP contribution in [-0.4, -0.2) is 55.7 Å². The van der Waals surface area contributed by atoms with E-state index >= 15 is 0 Å². The molecule has 1 amide bonds. The molecule has 1 aliphatic rings. The number of carbonyl (C=O) groups excluding carboxylic acids is 1. The molecule has 1 aromatic rings. The first-order valence-electron chi connectivity index (χ1n) is 7.72. The van der Waals surface area contributed by atoms with Crippen LogP contribution in [0.15, 0.2) is 6.07 Å². The highest BCUT2D eigenvalue weighted by molar-refractivity contribution is 7.14. The largest absolute Gasteiger partial charge is 0.405 e. The third-order valence-electron chi connectivity index (χ3n) is 3.99. The second-order valence-corrected chi connectivity index (χ2v) is 6.76. The summed E-state index contributed by atoms with van der Waals surface area (Å²) in [7, 11) is 0. The maximum Gasteiger partial charge on any atom is 0.405 e. The zero-order valence-corrected chi connectivity index (χ0v) is 14.1. The van der Waals surface area contributed by atoms with E-state index in [1.54, 1.807) is 6.07 Å². The van der Waals surface area contributed by atoms with Crippen molar-refractivity contribution in [2.24, 2.45) is 0 Å². The molecule has 0 bridgehead atoms. The number of halogens is 3. The standard InChI is InChI=1S/C15H22F3N3OS/c1-3-11-10(2)8-12(23-11)14(22)20-9-13(15(16,17)18)21-6-4-19-5-7-21/h8,13,19H,3-7,9H2,1-2H3,(H,20,22). The van der Waals surface area contributed by atoms with Gasteiger partial charge < -0.3 is 10.6 Å². The molecule has 1 fully saturated rings. The Balaban J connectivity index is 2.00. The Labute approximate surface area is 138 Å². The van der Waals surface area contributed by atoms with Crippen LogP contribution in [0.3, 0.4) is 0 Å². The van der Waals surface area contributed by atoms with Crippen LogP contribution in [0.1, 0.15) is 27.0 Å². The number of alkyl halides is 3. The summed E-state index contributed by atoms with van der Waals surface area (Å²) in [4.78, 5) is 15.1. The fraction of sp³-hybridized carbons (Fsp3) is 0.667. The number of carbonyl (C=O) groups is 1. The molecular weight excluding hydrogens is 327 g/mol. The van der Waals surface area contributed by atoms with Crippen molar-refractivity contribution in [3.05, 3.63) is 21.4 Å². The van der Waals surface area contributed by atoms with E-state index < -0.39 is 24.7 Å². The molecule has 0 saturated carbocycles. The number of nitrogens with one attached hydrogen (secondary N) is 2. The van der Waals surface area contributed by atoms with Crippen molar-refractivity contribution in [3.63, 3.8) is 0 Å². The molecule has 130 valence electrons. The molecule has 2 N–H and O–H groups in total. The van der Waals surface area contributed by atoms with Gasteiger partial charge in [-0.3, -0.25) is 9.69 Å². The lowest BCUT2D eigenvalue weighted by molar-refractivity contribution is -0.183. The van der Waals surface area contributed by atoms with E-state index in [1.165, 1.54) is 16.2 Å². The van der Waals surface area contributed by atoms with Crippen molar-refractivity contribution in [1.29, 1.82) is 0 Å². The van der Waals surface area contributed by atoms with Gasteiger partial charge in [0.1, 0.15) is 6.04 Å². The molecule has 0 aliphatic carbocycles. The number of thiophene rings is 1. The van der Waals surface area contributed by atoms with E-state index in [-0.39, 0.29) is 0 Å². The van der Waals surface area contributed by atoms with Crippen LogP contribution in [0.2, 0.25) is 0 Å². The molecular formula is C15H22F3N3OS. The van der Waals surface area contributed by atoms with Gasteiger partial charge >= 0.3 is 6.18 Å². The molecule has 1 atom stereocenters. The Hall–Kier alpha value is -1.12. The van der Waals surface area contributed by atoms with E-state index in [0.29, 0.717) is 31.1 Å². The second kappa shape index (κ2) is 7.63. The van der Waals surface area contributed by atoms with E-state index in [9.17, 15) is 18.0 Å². The summed E-state index contributed by atoms with van der Waals surface area (Å²) in [5.74, 6) is -0.429. The third-order valence-corrected chi connectivity index (χ3v) is 5.37. The normalized spacial score (nSPS) is 18.0. The fourth-order valence-corrected chi connectivity index (χ4v) is 3.74. The van der Waals surface area contributed by atoms with Gasteiger partial charge in [-0.25, -0.2) is 0 Å². The van der Waals surface area contributed by atoms with Gasteiger partial charge in [-0.2, -0.15) is 13.2 Å². The molecule has 23 heavy (non-hydrogen) atoms. The fourth-order valence-electron chi connectivity index (χ4n) is 2.70. The average Bonchev–Trinajstić information content (AvgIpc) is 2.88. The lowest BCUT2D eigenvalue weighted by atomic mass is 10.2. The Bertz CT molecular complexity index is 539. The third kappa shape index (κ3) is 4.68. The van der Waals surface area contributed by atoms with Gasteiger partial charge in [0.15, 0.2) is 0 Å². The average molecular weight is 349 g/mol. The summed E-state index contributed by atoms with van der Waals surface area (Å²) in [5.41, 5.74) is 1.01. The molecule has 8 heteroatoms. The summed E-state index contributed by atoms with van der Waals surface area (Å²) in [6, 6.07) is 0.104. The molecule has 2 rings (SSSR count). The zero-order valence-electron chi connectivity index (χ0n) is 13.3. The van der Waals surface area contributed by atoms with Crippen molar-refractivity contribution in [1.82, 2.24) is 15.5 Å². The molecule has 2 heterocycles. The minimum atomic E-state index is -4.36. The number of hydrogen-bond acceptors (Lipinski definition) is 4. The molecule has 1 unspecified atom stereocenters. The Morgan fingerprint density at radius 2 is 2.09 bits per heavy atom. The lowest BCUT2D eigenvalue weighted by Crippen LogP contribution is -2.57. The summed E-state index contributed by atoms with van der Waals surface area (Å²) >= 11 is 1.35. The van der Waals surface area contributed by atoms with Gasteiger partial charge in [-0.05, 0) is 25.0 Å². The highest BCUT2D eigenvalue weighted by Crippen LogP contribution is 2.26. The highest BCUT2D eigenvalue weighted by atomic mass is 32.1. The SMILES string of the molecule is CCc1sc(C(=O)NCC(N2CCNCC2)C(F)(F)F)cc1C. The molecule has 1 aliphatic heterocycles. The first-order valence-corrected chi connectivity index (χ1v) is 8.53. The quantitative estimate of drug-likeness (QED) is 0.856. The Morgan fingerprint density at radius 1 is 1.43 bits per heavy atom. The zero-order chi connectivity index (χ0) is 17.0. The van der Waals surface area contributed by atoms with Crippen LogP contribution >= 0.6 is 11.3 Å². The minimum absolute atomic E-state index is 0.331. The summed E-state index contributed by atoms with van der Waals surface area (Å²) in [6.45, 7) is 5.21. The highest BCUT2D eigenvalue weighted by Gasteiger charge is 2.43. The van der Waals surface area contributed by atoms with Crippen LogP contribution in [-0.2, 0) is 6.42 Å². The van der Waals surface area contributed by atoms with Gasteiger partial charge in [0.25, 0.3) is 5.91 Å². The van der Waals surface area contributed by atoms with Gasteiger partial charge in [0.05, 0.1) is 4.88 Å². The maximum absolute atomic E-state index is 13.3. The van der Waals surface area contributed by atoms with Crippen LogP contribution in [0.5, 0.6) is 0 Å². The molecule has 0 aromatic carbocycles. The summed E-state index contributed by atoms with van der Waals surface area (Å²) in [5, 5.41) is 5.49. The van der Waals surface area contributed by atoms with Crippen molar-refractivity contribution < 1.29 is 18.0 Å². The molecule has 0 radical (unpaired) electrons. The van der Waals surface area contributed by atoms with Crippen LogP contribution in [0.25, 0.3) is 0 Å². The first-order chi connectivity index (χ1) is 10.8. The molecule has 1 saturated heterocycles.